The van der Waals surface area contributed by atoms with E-state index >= 15 is 0 Å². The standard InChI is InChI=1S/C32H42O11/c1-31(2)37-18-22(41-31)24-26(28-30(39-24)43-32(3,4)42-28)40-29-27(36-17-20-13-9-6-10-14-20)25(23(34)21(15-33)38-29)35-16-19-11-7-5-8-12-19/h5-14,21-30,33-34H,15-18H2,1-4H3/t21?,22?,23-,24-,25-,26-,27?,28?,29-,30-/m0/s1. The summed E-state index contributed by atoms with van der Waals surface area (Å²) >= 11 is 0. The van der Waals surface area contributed by atoms with Crippen LogP contribution >= 0.6 is 0 Å². The Kier molecular flexibility index (Phi) is 9.21. The molecule has 0 spiro atoms. The zero-order chi connectivity index (χ0) is 30.2. The van der Waals surface area contributed by atoms with Crippen LogP contribution in [0.3, 0.4) is 0 Å². The van der Waals surface area contributed by atoms with Crippen molar-refractivity contribution in [3.05, 3.63) is 71.8 Å². The third kappa shape index (κ3) is 6.98. The lowest BCUT2D eigenvalue weighted by molar-refractivity contribution is -0.339. The Labute approximate surface area is 251 Å². The second-order valence-electron chi connectivity index (χ2n) is 12.3. The van der Waals surface area contributed by atoms with E-state index in [0.717, 1.165) is 11.1 Å². The summed E-state index contributed by atoms with van der Waals surface area (Å²) in [4.78, 5) is 0. The van der Waals surface area contributed by atoms with E-state index in [1.54, 1.807) is 0 Å². The van der Waals surface area contributed by atoms with Gasteiger partial charge in [-0.3, -0.25) is 0 Å². The van der Waals surface area contributed by atoms with Crippen LogP contribution in [0.25, 0.3) is 0 Å². The average Bonchev–Trinajstić information content (AvgIpc) is 3.61. The van der Waals surface area contributed by atoms with Gasteiger partial charge in [0.25, 0.3) is 0 Å². The van der Waals surface area contributed by atoms with Gasteiger partial charge in [-0.1, -0.05) is 60.7 Å². The Balaban J connectivity index is 1.28. The molecule has 2 aromatic carbocycles. The number of hydrogen-bond donors (Lipinski definition) is 2. The maximum atomic E-state index is 11.3. The number of aliphatic hydroxyl groups is 2. The molecular formula is C32H42O11. The third-order valence-corrected chi connectivity index (χ3v) is 8.08. The number of aliphatic hydroxyl groups excluding tert-OH is 2. The van der Waals surface area contributed by atoms with Crippen molar-refractivity contribution in [2.75, 3.05) is 13.2 Å². The second kappa shape index (κ2) is 12.8. The summed E-state index contributed by atoms with van der Waals surface area (Å²) in [7, 11) is 0. The lowest BCUT2D eigenvalue weighted by Gasteiger charge is -2.45. The van der Waals surface area contributed by atoms with E-state index in [1.807, 2.05) is 88.4 Å². The molecule has 6 rings (SSSR count). The molecule has 4 aliphatic heterocycles. The monoisotopic (exact) mass is 602 g/mol. The molecule has 4 aliphatic rings. The van der Waals surface area contributed by atoms with Gasteiger partial charge in [0.2, 0.25) is 0 Å². The van der Waals surface area contributed by atoms with Crippen molar-refractivity contribution < 1.29 is 52.8 Å². The van der Waals surface area contributed by atoms with E-state index in [-0.39, 0.29) is 13.2 Å². The van der Waals surface area contributed by atoms with Crippen molar-refractivity contribution in [3.63, 3.8) is 0 Å². The molecule has 2 aromatic rings. The molecular weight excluding hydrogens is 560 g/mol. The molecule has 0 aliphatic carbocycles. The van der Waals surface area contributed by atoms with Gasteiger partial charge in [0.15, 0.2) is 24.2 Å². The first-order chi connectivity index (χ1) is 20.6. The van der Waals surface area contributed by atoms with Crippen LogP contribution in [-0.2, 0) is 55.8 Å². The lowest BCUT2D eigenvalue weighted by Crippen LogP contribution is -2.62. The summed E-state index contributed by atoms with van der Waals surface area (Å²) in [6.07, 6.45) is -8.10. The number of fused-ring (bicyclic) bond motifs is 1. The first kappa shape index (κ1) is 31.0. The predicted octanol–water partition coefficient (Wildman–Crippen LogP) is 2.65. The van der Waals surface area contributed by atoms with Crippen molar-refractivity contribution in [1.29, 1.82) is 0 Å². The second-order valence-corrected chi connectivity index (χ2v) is 12.3. The highest BCUT2D eigenvalue weighted by atomic mass is 16.9. The minimum atomic E-state index is -1.19. The molecule has 4 unspecified atom stereocenters. The van der Waals surface area contributed by atoms with Crippen LogP contribution in [0, 0.1) is 0 Å². The molecule has 2 N–H and O–H groups in total. The van der Waals surface area contributed by atoms with Crippen molar-refractivity contribution in [1.82, 2.24) is 0 Å². The smallest absolute Gasteiger partial charge is 0.190 e. The maximum absolute atomic E-state index is 11.3. The fraction of sp³-hybridized carbons (Fsp3) is 0.625. The van der Waals surface area contributed by atoms with Crippen LogP contribution in [0.4, 0.5) is 0 Å². The number of benzene rings is 2. The first-order valence-corrected chi connectivity index (χ1v) is 14.9. The minimum Gasteiger partial charge on any atom is -0.394 e. The zero-order valence-corrected chi connectivity index (χ0v) is 24.9. The number of ether oxygens (including phenoxy) is 9. The number of hydrogen-bond acceptors (Lipinski definition) is 11. The Hall–Kier alpha value is -2.00. The van der Waals surface area contributed by atoms with E-state index in [4.69, 9.17) is 42.6 Å². The molecule has 43 heavy (non-hydrogen) atoms. The first-order valence-electron chi connectivity index (χ1n) is 14.9. The largest absolute Gasteiger partial charge is 0.394 e. The highest BCUT2D eigenvalue weighted by molar-refractivity contribution is 5.15. The Morgan fingerprint density at radius 2 is 1.37 bits per heavy atom. The van der Waals surface area contributed by atoms with E-state index in [2.05, 4.69) is 0 Å². The predicted molar refractivity (Wildman–Crippen MR) is 150 cm³/mol. The maximum Gasteiger partial charge on any atom is 0.190 e. The molecule has 10 atom stereocenters. The summed E-state index contributed by atoms with van der Waals surface area (Å²) in [6, 6.07) is 19.3. The Bertz CT molecular complexity index is 1180. The van der Waals surface area contributed by atoms with Gasteiger partial charge >= 0.3 is 0 Å². The van der Waals surface area contributed by atoms with Gasteiger partial charge in [-0.2, -0.15) is 0 Å². The molecule has 236 valence electrons. The van der Waals surface area contributed by atoms with Crippen molar-refractivity contribution >= 4 is 0 Å². The summed E-state index contributed by atoms with van der Waals surface area (Å²) in [6.45, 7) is 7.58. The minimum absolute atomic E-state index is 0.214. The normalized spacial score (nSPS) is 38.3. The molecule has 0 amide bonds. The molecule has 4 saturated heterocycles. The molecule has 4 fully saturated rings. The number of rotatable bonds is 10. The van der Waals surface area contributed by atoms with Gasteiger partial charge < -0.3 is 52.8 Å². The SMILES string of the molecule is CC1(C)OCC([C@@H]2O[C@H]3OC(C)(C)OC3[C@H]2O[C@@H]2OC(CO)[C@H](O)[C@H](OCc3ccccc3)C2OCc2ccccc2)O1. The van der Waals surface area contributed by atoms with E-state index in [9.17, 15) is 10.2 Å². The van der Waals surface area contributed by atoms with E-state index in [0.29, 0.717) is 6.61 Å². The molecule has 11 nitrogen and oxygen atoms in total. The average molecular weight is 603 g/mol. The van der Waals surface area contributed by atoms with E-state index in [1.165, 1.54) is 0 Å². The third-order valence-electron chi connectivity index (χ3n) is 8.08. The van der Waals surface area contributed by atoms with Gasteiger partial charge in [0.1, 0.15) is 48.8 Å². The molecule has 0 bridgehead atoms. The highest BCUT2D eigenvalue weighted by Gasteiger charge is 2.61. The summed E-state index contributed by atoms with van der Waals surface area (Å²) in [5.74, 6) is -1.68. The van der Waals surface area contributed by atoms with Crippen molar-refractivity contribution in [2.45, 2.75) is 114 Å². The van der Waals surface area contributed by atoms with Crippen molar-refractivity contribution in [3.8, 4) is 0 Å². The Morgan fingerprint density at radius 1 is 0.744 bits per heavy atom. The summed E-state index contributed by atoms with van der Waals surface area (Å²) in [5, 5.41) is 21.5. The van der Waals surface area contributed by atoms with Crippen LogP contribution < -0.4 is 0 Å². The van der Waals surface area contributed by atoms with Gasteiger partial charge in [-0.15, -0.1) is 0 Å². The molecule has 0 aromatic heterocycles. The quantitative estimate of drug-likeness (QED) is 0.417. The van der Waals surface area contributed by atoms with E-state index < -0.39 is 79.6 Å². The fourth-order valence-corrected chi connectivity index (χ4v) is 6.04. The van der Waals surface area contributed by atoms with Crippen LogP contribution in [0.5, 0.6) is 0 Å². The van der Waals surface area contributed by atoms with Crippen molar-refractivity contribution in [2.24, 2.45) is 0 Å². The van der Waals surface area contributed by atoms with Gasteiger partial charge in [-0.05, 0) is 38.8 Å². The van der Waals surface area contributed by atoms with Crippen LogP contribution in [0.1, 0.15) is 38.8 Å². The molecule has 0 radical (unpaired) electrons. The Morgan fingerprint density at radius 3 is 1.95 bits per heavy atom. The van der Waals surface area contributed by atoms with Gasteiger partial charge in [0, 0.05) is 0 Å². The summed E-state index contributed by atoms with van der Waals surface area (Å²) < 4.78 is 56.2. The highest BCUT2D eigenvalue weighted by Crippen LogP contribution is 2.43. The zero-order valence-electron chi connectivity index (χ0n) is 24.9. The molecule has 11 heteroatoms. The molecule has 0 saturated carbocycles. The topological polar surface area (TPSA) is 124 Å². The summed E-state index contributed by atoms with van der Waals surface area (Å²) in [5.41, 5.74) is 1.85. The molecule has 4 heterocycles. The van der Waals surface area contributed by atoms with Crippen LogP contribution in [0.15, 0.2) is 60.7 Å². The van der Waals surface area contributed by atoms with Crippen LogP contribution in [-0.4, -0.2) is 96.4 Å². The fourth-order valence-electron chi connectivity index (χ4n) is 6.04. The van der Waals surface area contributed by atoms with Gasteiger partial charge in [-0.25, -0.2) is 0 Å². The lowest BCUT2D eigenvalue weighted by atomic mass is 9.98. The van der Waals surface area contributed by atoms with Crippen LogP contribution in [0.2, 0.25) is 0 Å². The van der Waals surface area contributed by atoms with Gasteiger partial charge in [0.05, 0.1) is 26.4 Å².